The number of carbonyl (C=O) groups is 1. The van der Waals surface area contributed by atoms with Gasteiger partial charge in [0.2, 0.25) is 5.91 Å². The number of thiophene rings is 1. The zero-order chi connectivity index (χ0) is 13.3. The van der Waals surface area contributed by atoms with Crippen LogP contribution < -0.4 is 5.73 Å². The van der Waals surface area contributed by atoms with Crippen molar-refractivity contribution in [2.24, 2.45) is 5.73 Å². The molecule has 1 aromatic heterocycles. The van der Waals surface area contributed by atoms with E-state index in [4.69, 9.17) is 5.73 Å². The molecule has 0 bridgehead atoms. The maximum absolute atomic E-state index is 12.4. The molecule has 2 N–H and O–H groups in total. The van der Waals surface area contributed by atoms with Gasteiger partial charge in [-0.2, -0.15) is 0 Å². The molecule has 18 heavy (non-hydrogen) atoms. The minimum absolute atomic E-state index is 0.111. The number of likely N-dealkylation sites (tertiary alicyclic amines) is 1. The number of hydrogen-bond donors (Lipinski definition) is 1. The van der Waals surface area contributed by atoms with E-state index in [1.165, 1.54) is 10.4 Å². The summed E-state index contributed by atoms with van der Waals surface area (Å²) in [5.41, 5.74) is 7.11. The number of amides is 1. The minimum atomic E-state index is -0.111. The predicted octanol–water partition coefficient (Wildman–Crippen LogP) is 2.33. The third-order valence-electron chi connectivity index (χ3n) is 3.80. The third kappa shape index (κ3) is 2.75. The van der Waals surface area contributed by atoms with Crippen LogP contribution in [0.25, 0.3) is 0 Å². The highest BCUT2D eigenvalue weighted by atomic mass is 32.1. The van der Waals surface area contributed by atoms with E-state index in [1.807, 2.05) is 4.90 Å². The highest BCUT2D eigenvalue weighted by molar-refractivity contribution is 7.10. The van der Waals surface area contributed by atoms with Crippen molar-refractivity contribution < 1.29 is 4.79 Å². The Labute approximate surface area is 113 Å². The molecule has 1 aliphatic rings. The van der Waals surface area contributed by atoms with Crippen molar-refractivity contribution in [3.63, 3.8) is 0 Å². The second kappa shape index (κ2) is 5.02. The molecule has 1 fully saturated rings. The Morgan fingerprint density at radius 3 is 2.89 bits per heavy atom. The van der Waals surface area contributed by atoms with Crippen molar-refractivity contribution in [2.45, 2.75) is 51.6 Å². The van der Waals surface area contributed by atoms with Crippen molar-refractivity contribution >= 4 is 17.2 Å². The van der Waals surface area contributed by atoms with Gasteiger partial charge in [-0.3, -0.25) is 4.79 Å². The van der Waals surface area contributed by atoms with Crippen LogP contribution in [0.4, 0.5) is 0 Å². The fraction of sp³-hybridized carbons (Fsp3) is 0.643. The summed E-state index contributed by atoms with van der Waals surface area (Å²) in [7, 11) is 0. The Morgan fingerprint density at radius 1 is 1.61 bits per heavy atom. The molecule has 0 aromatic carbocycles. The van der Waals surface area contributed by atoms with E-state index in [2.05, 4.69) is 32.2 Å². The van der Waals surface area contributed by atoms with Crippen LogP contribution in [0.3, 0.4) is 0 Å². The molecule has 1 saturated heterocycles. The number of carbonyl (C=O) groups excluding carboxylic acids is 1. The van der Waals surface area contributed by atoms with Crippen LogP contribution in [0.5, 0.6) is 0 Å². The van der Waals surface area contributed by atoms with Crippen LogP contribution in [-0.2, 0) is 11.2 Å². The van der Waals surface area contributed by atoms with Gasteiger partial charge in [0.05, 0.1) is 6.42 Å². The summed E-state index contributed by atoms with van der Waals surface area (Å²) in [4.78, 5) is 15.6. The lowest BCUT2D eigenvalue weighted by atomic mass is 9.87. The number of hydrogen-bond acceptors (Lipinski definition) is 3. The highest BCUT2D eigenvalue weighted by Crippen LogP contribution is 2.28. The molecule has 1 atom stereocenters. The van der Waals surface area contributed by atoms with Crippen molar-refractivity contribution in [1.82, 2.24) is 4.90 Å². The fourth-order valence-corrected chi connectivity index (χ4v) is 3.63. The van der Waals surface area contributed by atoms with Gasteiger partial charge < -0.3 is 10.6 Å². The molecule has 4 heteroatoms. The molecule has 3 nitrogen and oxygen atoms in total. The first kappa shape index (κ1) is 13.6. The highest BCUT2D eigenvalue weighted by Gasteiger charge is 2.36. The number of rotatable bonds is 2. The first-order chi connectivity index (χ1) is 8.40. The van der Waals surface area contributed by atoms with E-state index in [0.717, 1.165) is 19.4 Å². The standard InChI is InChI=1S/C14H22N2OS/c1-10-5-7-18-12(10)8-13(17)16-6-4-11(15)9-14(16,2)3/h5,7,11H,4,6,8-9,15H2,1-3H3. The first-order valence-electron chi connectivity index (χ1n) is 6.49. The minimum Gasteiger partial charge on any atom is -0.337 e. The lowest BCUT2D eigenvalue weighted by molar-refractivity contribution is -0.137. The first-order valence-corrected chi connectivity index (χ1v) is 7.37. The van der Waals surface area contributed by atoms with Gasteiger partial charge in [0.1, 0.15) is 0 Å². The molecular weight excluding hydrogens is 244 g/mol. The van der Waals surface area contributed by atoms with Gasteiger partial charge in [0, 0.05) is 23.0 Å². The predicted molar refractivity (Wildman–Crippen MR) is 75.8 cm³/mol. The molecule has 0 aliphatic carbocycles. The third-order valence-corrected chi connectivity index (χ3v) is 4.82. The van der Waals surface area contributed by atoms with E-state index in [-0.39, 0.29) is 17.5 Å². The van der Waals surface area contributed by atoms with E-state index >= 15 is 0 Å². The average molecular weight is 266 g/mol. The number of aryl methyl sites for hydroxylation is 1. The zero-order valence-electron chi connectivity index (χ0n) is 11.4. The normalized spacial score (nSPS) is 23.1. The van der Waals surface area contributed by atoms with Gasteiger partial charge in [-0.1, -0.05) is 0 Å². The fourth-order valence-electron chi connectivity index (χ4n) is 2.73. The van der Waals surface area contributed by atoms with E-state index < -0.39 is 0 Å². The Hall–Kier alpha value is -0.870. The van der Waals surface area contributed by atoms with E-state index in [9.17, 15) is 4.79 Å². The number of nitrogens with two attached hydrogens (primary N) is 1. The molecule has 2 rings (SSSR count). The van der Waals surface area contributed by atoms with E-state index in [1.54, 1.807) is 11.3 Å². The summed E-state index contributed by atoms with van der Waals surface area (Å²) < 4.78 is 0. The zero-order valence-corrected chi connectivity index (χ0v) is 12.2. The lowest BCUT2D eigenvalue weighted by Gasteiger charge is -2.45. The molecule has 1 aromatic rings. The van der Waals surface area contributed by atoms with Gasteiger partial charge in [-0.05, 0) is 50.6 Å². The van der Waals surface area contributed by atoms with Gasteiger partial charge >= 0.3 is 0 Å². The van der Waals surface area contributed by atoms with E-state index in [0.29, 0.717) is 6.42 Å². The second-order valence-electron chi connectivity index (χ2n) is 5.81. The number of piperidine rings is 1. The Morgan fingerprint density at radius 2 is 2.33 bits per heavy atom. The molecule has 2 heterocycles. The van der Waals surface area contributed by atoms with Crippen LogP contribution in [0.1, 0.15) is 37.1 Å². The van der Waals surface area contributed by atoms with Crippen LogP contribution in [-0.4, -0.2) is 28.9 Å². The maximum Gasteiger partial charge on any atom is 0.228 e. The number of nitrogens with zero attached hydrogens (tertiary/aromatic N) is 1. The second-order valence-corrected chi connectivity index (χ2v) is 6.81. The van der Waals surface area contributed by atoms with Crippen LogP contribution in [0.2, 0.25) is 0 Å². The quantitative estimate of drug-likeness (QED) is 0.893. The summed E-state index contributed by atoms with van der Waals surface area (Å²) in [5.74, 6) is 0.234. The lowest BCUT2D eigenvalue weighted by Crippen LogP contribution is -2.56. The Kier molecular flexibility index (Phi) is 3.78. The summed E-state index contributed by atoms with van der Waals surface area (Å²) in [6.07, 6.45) is 2.34. The molecule has 100 valence electrons. The van der Waals surface area contributed by atoms with Crippen molar-refractivity contribution in [3.05, 3.63) is 21.9 Å². The molecular formula is C14H22N2OS. The van der Waals surface area contributed by atoms with Crippen molar-refractivity contribution in [1.29, 1.82) is 0 Å². The SMILES string of the molecule is Cc1ccsc1CC(=O)N1CCC(N)CC1(C)C. The summed E-state index contributed by atoms with van der Waals surface area (Å²) in [6.45, 7) is 7.09. The van der Waals surface area contributed by atoms with Crippen molar-refractivity contribution in [2.75, 3.05) is 6.54 Å². The van der Waals surface area contributed by atoms with Gasteiger partial charge in [0.15, 0.2) is 0 Å². The molecule has 1 amide bonds. The van der Waals surface area contributed by atoms with Crippen LogP contribution in [0, 0.1) is 6.92 Å². The Balaban J connectivity index is 2.07. The average Bonchev–Trinajstić information content (AvgIpc) is 2.62. The van der Waals surface area contributed by atoms with Gasteiger partial charge in [-0.15, -0.1) is 11.3 Å². The monoisotopic (exact) mass is 266 g/mol. The summed E-state index contributed by atoms with van der Waals surface area (Å²) in [5, 5.41) is 2.05. The molecule has 0 radical (unpaired) electrons. The van der Waals surface area contributed by atoms with Gasteiger partial charge in [-0.25, -0.2) is 0 Å². The molecule has 1 aliphatic heterocycles. The van der Waals surface area contributed by atoms with Crippen molar-refractivity contribution in [3.8, 4) is 0 Å². The molecule has 1 unspecified atom stereocenters. The summed E-state index contributed by atoms with van der Waals surface area (Å²) in [6, 6.07) is 2.30. The maximum atomic E-state index is 12.4. The molecule has 0 spiro atoms. The summed E-state index contributed by atoms with van der Waals surface area (Å²) >= 11 is 1.67. The van der Waals surface area contributed by atoms with Crippen LogP contribution >= 0.6 is 11.3 Å². The smallest absolute Gasteiger partial charge is 0.228 e. The Bertz CT molecular complexity index is 439. The largest absolute Gasteiger partial charge is 0.337 e. The van der Waals surface area contributed by atoms with Gasteiger partial charge in [0.25, 0.3) is 0 Å². The molecule has 0 saturated carbocycles. The van der Waals surface area contributed by atoms with Crippen LogP contribution in [0.15, 0.2) is 11.4 Å². The topological polar surface area (TPSA) is 46.3 Å².